The maximum Gasteiger partial charge on any atom is 0.302 e. The summed E-state index contributed by atoms with van der Waals surface area (Å²) in [6.07, 6.45) is 2.11. The van der Waals surface area contributed by atoms with E-state index in [1.54, 1.807) is 7.11 Å². The summed E-state index contributed by atoms with van der Waals surface area (Å²) in [5, 5.41) is 3.98. The number of ether oxygens (including phenoxy) is 1. The van der Waals surface area contributed by atoms with Crippen LogP contribution in [0.25, 0.3) is 11.1 Å². The molecule has 3 aromatic carbocycles. The van der Waals surface area contributed by atoms with Crippen LogP contribution in [0.5, 0.6) is 5.75 Å². The molecule has 6 nitrogen and oxygen atoms in total. The lowest BCUT2D eigenvalue weighted by molar-refractivity contribution is 0.397. The van der Waals surface area contributed by atoms with Gasteiger partial charge in [0.25, 0.3) is 0 Å². The van der Waals surface area contributed by atoms with Crippen molar-refractivity contribution in [1.29, 1.82) is 0 Å². The lowest BCUT2D eigenvalue weighted by Gasteiger charge is -2.32. The Hall–Kier alpha value is -3.77. The summed E-state index contributed by atoms with van der Waals surface area (Å²) in [4.78, 5) is 11.6. The van der Waals surface area contributed by atoms with Crippen molar-refractivity contribution in [3.63, 3.8) is 0 Å². The van der Waals surface area contributed by atoms with Crippen molar-refractivity contribution in [3.8, 4) is 5.75 Å². The number of benzene rings is 3. The van der Waals surface area contributed by atoms with E-state index in [0.29, 0.717) is 29.1 Å². The van der Waals surface area contributed by atoms with Crippen molar-refractivity contribution in [2.24, 2.45) is 4.99 Å². The Morgan fingerprint density at radius 1 is 1.03 bits per heavy atom. The van der Waals surface area contributed by atoms with E-state index in [0.717, 1.165) is 28.1 Å². The van der Waals surface area contributed by atoms with Gasteiger partial charge >= 0.3 is 6.01 Å². The molecule has 1 aliphatic rings. The molecule has 1 aliphatic heterocycles. The van der Waals surface area contributed by atoms with Gasteiger partial charge in [-0.15, -0.1) is 0 Å². The number of aliphatic imine (C=N–C) groups is 1. The molecule has 33 heavy (non-hydrogen) atoms. The topological polar surface area (TPSA) is 62.9 Å². The molecule has 166 valence electrons. The van der Waals surface area contributed by atoms with Crippen LogP contribution in [0.2, 0.25) is 5.02 Å². The first-order chi connectivity index (χ1) is 16.1. The number of rotatable bonds is 5. The van der Waals surface area contributed by atoms with Crippen LogP contribution >= 0.6 is 11.6 Å². The molecule has 0 saturated carbocycles. The van der Waals surface area contributed by atoms with Gasteiger partial charge in [-0.25, -0.2) is 4.99 Å². The van der Waals surface area contributed by atoms with Crippen LogP contribution < -0.4 is 10.1 Å². The number of aromatic nitrogens is 1. The van der Waals surface area contributed by atoms with Crippen LogP contribution in [-0.4, -0.2) is 23.0 Å². The molecule has 0 bridgehead atoms. The van der Waals surface area contributed by atoms with Gasteiger partial charge in [0.15, 0.2) is 5.58 Å². The third-order valence-corrected chi connectivity index (χ3v) is 5.94. The van der Waals surface area contributed by atoms with Crippen LogP contribution in [0.15, 0.2) is 94.0 Å². The summed E-state index contributed by atoms with van der Waals surface area (Å²) in [6, 6.07) is 23.5. The maximum absolute atomic E-state index is 6.49. The van der Waals surface area contributed by atoms with Crippen molar-refractivity contribution >= 4 is 34.7 Å². The number of halogens is 1. The van der Waals surface area contributed by atoms with Crippen LogP contribution in [0, 0.1) is 0 Å². The number of anilines is 1. The quantitative estimate of drug-likeness (QED) is 0.374. The fraction of sp³-hybridized carbons (Fsp3) is 0.154. The van der Waals surface area contributed by atoms with Crippen molar-refractivity contribution in [3.05, 3.63) is 101 Å². The van der Waals surface area contributed by atoms with Gasteiger partial charge < -0.3 is 14.1 Å². The zero-order chi connectivity index (χ0) is 22.8. The first kappa shape index (κ1) is 21.1. The number of methoxy groups -OCH3 is 1. The first-order valence-corrected chi connectivity index (χ1v) is 11.0. The number of fused-ring (bicyclic) bond motifs is 1. The molecule has 5 rings (SSSR count). The minimum atomic E-state index is -0.237. The van der Waals surface area contributed by atoms with Gasteiger partial charge in [0.05, 0.1) is 13.7 Å². The molecule has 1 unspecified atom stereocenters. The number of nitrogens with zero attached hydrogens (tertiary/aromatic N) is 3. The molecule has 1 atom stereocenters. The largest absolute Gasteiger partial charge is 0.496 e. The van der Waals surface area contributed by atoms with E-state index in [1.165, 1.54) is 0 Å². The van der Waals surface area contributed by atoms with Crippen molar-refractivity contribution in [1.82, 2.24) is 9.88 Å². The third-order valence-electron chi connectivity index (χ3n) is 5.60. The highest BCUT2D eigenvalue weighted by Gasteiger charge is 2.26. The van der Waals surface area contributed by atoms with Gasteiger partial charge in [-0.05, 0) is 42.8 Å². The van der Waals surface area contributed by atoms with E-state index in [2.05, 4.69) is 28.2 Å². The summed E-state index contributed by atoms with van der Waals surface area (Å²) < 4.78 is 11.5. The summed E-state index contributed by atoms with van der Waals surface area (Å²) in [6.45, 7) is 2.62. The lowest BCUT2D eigenvalue weighted by Crippen LogP contribution is -2.37. The fourth-order valence-corrected chi connectivity index (χ4v) is 4.17. The van der Waals surface area contributed by atoms with Gasteiger partial charge in [-0.3, -0.25) is 5.32 Å². The molecular weight excluding hydrogens is 436 g/mol. The van der Waals surface area contributed by atoms with Gasteiger partial charge in [-0.1, -0.05) is 60.1 Å². The zero-order valence-electron chi connectivity index (χ0n) is 18.3. The van der Waals surface area contributed by atoms with E-state index < -0.39 is 0 Å². The summed E-state index contributed by atoms with van der Waals surface area (Å²) in [7, 11) is 1.68. The van der Waals surface area contributed by atoms with Gasteiger partial charge in [0.2, 0.25) is 5.96 Å². The molecule has 0 saturated heterocycles. The van der Waals surface area contributed by atoms with Gasteiger partial charge in [0, 0.05) is 16.3 Å². The predicted molar refractivity (Wildman–Crippen MR) is 132 cm³/mol. The molecule has 7 heteroatoms. The number of nitrogens with one attached hydrogen (secondary N) is 1. The molecule has 1 aromatic heterocycles. The second-order valence-electron chi connectivity index (χ2n) is 7.74. The van der Waals surface area contributed by atoms with E-state index in [1.807, 2.05) is 72.8 Å². The molecular formula is C26H23ClN4O2. The number of guanidine groups is 1. The second kappa shape index (κ2) is 9.00. The molecule has 4 aromatic rings. The van der Waals surface area contributed by atoms with Crippen molar-refractivity contribution in [2.75, 3.05) is 12.4 Å². The smallest absolute Gasteiger partial charge is 0.302 e. The number of allylic oxidation sites excluding steroid dienone is 1. The monoisotopic (exact) mass is 458 g/mol. The third kappa shape index (κ3) is 4.30. The maximum atomic E-state index is 6.49. The SMILES string of the molecule is COc1ccccc1CN1C(C)=CC(c2ccccc2Cl)N=C1Nc1nc2ccccc2o1. The van der Waals surface area contributed by atoms with Crippen LogP contribution in [0.4, 0.5) is 6.01 Å². The standard InChI is InChI=1S/C26H23ClN4O2/c1-17-15-22(19-10-4-5-11-20(19)27)28-25(30-26-29-21-12-6-8-14-24(21)33-26)31(17)16-18-9-3-7-13-23(18)32-2/h3-15,22H,16H2,1-2H3,(H,28,29,30). The average molecular weight is 459 g/mol. The molecule has 1 N–H and O–H groups in total. The zero-order valence-corrected chi connectivity index (χ0v) is 19.1. The second-order valence-corrected chi connectivity index (χ2v) is 8.14. The summed E-state index contributed by atoms with van der Waals surface area (Å²) in [5.41, 5.74) is 4.49. The molecule has 0 radical (unpaired) electrons. The van der Waals surface area contributed by atoms with Gasteiger partial charge in [0.1, 0.15) is 17.3 Å². The van der Waals surface area contributed by atoms with E-state index >= 15 is 0 Å². The van der Waals surface area contributed by atoms with E-state index in [9.17, 15) is 0 Å². The van der Waals surface area contributed by atoms with Crippen molar-refractivity contribution < 1.29 is 9.15 Å². The first-order valence-electron chi connectivity index (χ1n) is 10.6. The Balaban J connectivity index is 1.54. The van der Waals surface area contributed by atoms with Crippen LogP contribution in [0.1, 0.15) is 24.1 Å². The molecule has 2 heterocycles. The highest BCUT2D eigenvalue weighted by Crippen LogP contribution is 2.33. The Kier molecular flexibility index (Phi) is 5.75. The highest BCUT2D eigenvalue weighted by molar-refractivity contribution is 6.31. The molecule has 0 amide bonds. The number of hydrogen-bond donors (Lipinski definition) is 1. The molecule has 0 aliphatic carbocycles. The Morgan fingerprint density at radius 2 is 1.79 bits per heavy atom. The lowest BCUT2D eigenvalue weighted by atomic mass is 10.0. The fourth-order valence-electron chi connectivity index (χ4n) is 3.92. The number of hydrogen-bond acceptors (Lipinski definition) is 6. The predicted octanol–water partition coefficient (Wildman–Crippen LogP) is 6.42. The molecule has 0 spiro atoms. The normalized spacial score (nSPS) is 15.8. The van der Waals surface area contributed by atoms with Crippen molar-refractivity contribution in [2.45, 2.75) is 19.5 Å². The number of oxazole rings is 1. The summed E-state index contributed by atoms with van der Waals surface area (Å²) in [5.74, 6) is 1.44. The Morgan fingerprint density at radius 3 is 2.61 bits per heavy atom. The Labute approximate surface area is 197 Å². The minimum Gasteiger partial charge on any atom is -0.496 e. The molecule has 0 fully saturated rings. The average Bonchev–Trinajstić information content (AvgIpc) is 3.24. The number of para-hydroxylation sites is 3. The summed E-state index contributed by atoms with van der Waals surface area (Å²) >= 11 is 6.49. The van der Waals surface area contributed by atoms with Crippen LogP contribution in [0.3, 0.4) is 0 Å². The minimum absolute atomic E-state index is 0.237. The van der Waals surface area contributed by atoms with Crippen LogP contribution in [-0.2, 0) is 6.54 Å². The van der Waals surface area contributed by atoms with E-state index in [-0.39, 0.29) is 6.04 Å². The Bertz CT molecular complexity index is 1330. The van der Waals surface area contributed by atoms with E-state index in [4.69, 9.17) is 25.7 Å². The van der Waals surface area contributed by atoms with Gasteiger partial charge in [-0.2, -0.15) is 4.98 Å². The highest BCUT2D eigenvalue weighted by atomic mass is 35.5.